The van der Waals surface area contributed by atoms with Crippen molar-refractivity contribution in [2.45, 2.75) is 32.2 Å². The lowest BCUT2D eigenvalue weighted by molar-refractivity contribution is -0.143. The second-order valence-corrected chi connectivity index (χ2v) is 5.80. The summed E-state index contributed by atoms with van der Waals surface area (Å²) in [6, 6.07) is 5.04. The first-order valence-electron chi connectivity index (χ1n) is 7.04. The fourth-order valence-corrected chi connectivity index (χ4v) is 2.96. The highest BCUT2D eigenvalue weighted by molar-refractivity contribution is 6.42. The number of carbonyl (C=O) groups is 2. The van der Waals surface area contributed by atoms with E-state index in [0.717, 1.165) is 5.56 Å². The minimum Gasteiger partial charge on any atom is -0.353 e. The fourth-order valence-electron chi connectivity index (χ4n) is 2.55. The number of hydrogen-bond acceptors (Lipinski definition) is 2. The molecule has 1 aliphatic heterocycles. The number of carbonyl (C=O) groups excluding carboxylic acids is 2. The first kappa shape index (κ1) is 16.1. The molecule has 1 atom stereocenters. The average molecular weight is 329 g/mol. The van der Waals surface area contributed by atoms with Crippen LogP contribution in [0.2, 0.25) is 10.0 Å². The van der Waals surface area contributed by atoms with Gasteiger partial charge in [0, 0.05) is 19.5 Å². The molecule has 114 valence electrons. The Morgan fingerprint density at radius 1 is 1.43 bits per heavy atom. The van der Waals surface area contributed by atoms with Crippen LogP contribution in [0.15, 0.2) is 18.2 Å². The number of benzene rings is 1. The largest absolute Gasteiger partial charge is 0.353 e. The molecule has 0 aromatic heterocycles. The Labute approximate surface area is 134 Å². The van der Waals surface area contributed by atoms with Gasteiger partial charge in [0.05, 0.1) is 10.0 Å². The standard InChI is InChI=1S/C15H18Cl2N2O2/c1-2-12-15(21)18-8-9-19(12)13(20)7-6-10-4-3-5-11(16)14(10)17/h3-5,12H,2,6-9H2,1H3,(H,18,21)/t12-/m0/s1. The molecule has 2 amide bonds. The van der Waals surface area contributed by atoms with E-state index in [0.29, 0.717) is 42.4 Å². The number of amides is 2. The molecule has 0 bridgehead atoms. The van der Waals surface area contributed by atoms with Crippen LogP contribution >= 0.6 is 23.2 Å². The molecule has 1 fully saturated rings. The van der Waals surface area contributed by atoms with Crippen molar-refractivity contribution < 1.29 is 9.59 Å². The third-order valence-electron chi connectivity index (χ3n) is 3.68. The van der Waals surface area contributed by atoms with Crippen LogP contribution in [0.1, 0.15) is 25.3 Å². The molecule has 1 aliphatic rings. The Hall–Kier alpha value is -1.26. The van der Waals surface area contributed by atoms with Gasteiger partial charge in [-0.2, -0.15) is 0 Å². The summed E-state index contributed by atoms with van der Waals surface area (Å²) in [6.45, 7) is 2.98. The number of rotatable bonds is 4. The summed E-state index contributed by atoms with van der Waals surface area (Å²) in [5, 5.41) is 3.77. The summed E-state index contributed by atoms with van der Waals surface area (Å²) in [6.07, 6.45) is 1.46. The number of nitrogens with zero attached hydrogens (tertiary/aromatic N) is 1. The molecule has 1 aromatic carbocycles. The summed E-state index contributed by atoms with van der Waals surface area (Å²) in [5.74, 6) is -0.0920. The Morgan fingerprint density at radius 3 is 2.90 bits per heavy atom. The van der Waals surface area contributed by atoms with Crippen LogP contribution in [-0.2, 0) is 16.0 Å². The van der Waals surface area contributed by atoms with Gasteiger partial charge in [-0.3, -0.25) is 9.59 Å². The highest BCUT2D eigenvalue weighted by atomic mass is 35.5. The minimum absolute atomic E-state index is 0.0206. The van der Waals surface area contributed by atoms with E-state index in [1.54, 1.807) is 11.0 Å². The van der Waals surface area contributed by atoms with E-state index >= 15 is 0 Å². The SMILES string of the molecule is CC[C@H]1C(=O)NCCN1C(=O)CCc1cccc(Cl)c1Cl. The number of hydrogen-bond donors (Lipinski definition) is 1. The zero-order valence-electron chi connectivity index (χ0n) is 11.9. The van der Waals surface area contributed by atoms with Crippen LogP contribution in [-0.4, -0.2) is 35.8 Å². The lowest BCUT2D eigenvalue weighted by atomic mass is 10.1. The van der Waals surface area contributed by atoms with Gasteiger partial charge in [0.2, 0.25) is 11.8 Å². The van der Waals surface area contributed by atoms with Gasteiger partial charge in [-0.25, -0.2) is 0 Å². The fraction of sp³-hybridized carbons (Fsp3) is 0.467. The second kappa shape index (κ2) is 7.14. The van der Waals surface area contributed by atoms with Crippen molar-refractivity contribution in [1.82, 2.24) is 10.2 Å². The smallest absolute Gasteiger partial charge is 0.242 e. The van der Waals surface area contributed by atoms with Crippen molar-refractivity contribution in [3.63, 3.8) is 0 Å². The molecule has 0 spiro atoms. The first-order chi connectivity index (χ1) is 10.0. The zero-order valence-corrected chi connectivity index (χ0v) is 13.4. The maximum Gasteiger partial charge on any atom is 0.242 e. The van der Waals surface area contributed by atoms with E-state index in [4.69, 9.17) is 23.2 Å². The Kier molecular flexibility index (Phi) is 5.48. The molecule has 0 aliphatic carbocycles. The molecule has 1 aromatic rings. The zero-order chi connectivity index (χ0) is 15.4. The summed E-state index contributed by atoms with van der Waals surface area (Å²) in [4.78, 5) is 25.8. The van der Waals surface area contributed by atoms with E-state index in [9.17, 15) is 9.59 Å². The molecule has 1 N–H and O–H groups in total. The summed E-state index contributed by atoms with van der Waals surface area (Å²) < 4.78 is 0. The monoisotopic (exact) mass is 328 g/mol. The summed E-state index contributed by atoms with van der Waals surface area (Å²) in [7, 11) is 0. The van der Waals surface area contributed by atoms with E-state index in [1.807, 2.05) is 19.1 Å². The third-order valence-corrected chi connectivity index (χ3v) is 4.54. The second-order valence-electron chi connectivity index (χ2n) is 5.02. The number of piperazine rings is 1. The normalized spacial score (nSPS) is 18.5. The predicted molar refractivity (Wildman–Crippen MR) is 83.6 cm³/mol. The van der Waals surface area contributed by atoms with E-state index < -0.39 is 0 Å². The van der Waals surface area contributed by atoms with Gasteiger partial charge >= 0.3 is 0 Å². The van der Waals surface area contributed by atoms with Crippen LogP contribution in [0.3, 0.4) is 0 Å². The molecule has 1 saturated heterocycles. The topological polar surface area (TPSA) is 49.4 Å². The highest BCUT2D eigenvalue weighted by Gasteiger charge is 2.31. The molecule has 1 heterocycles. The van der Waals surface area contributed by atoms with Crippen LogP contribution in [0.25, 0.3) is 0 Å². The van der Waals surface area contributed by atoms with Gasteiger partial charge in [0.25, 0.3) is 0 Å². The lowest BCUT2D eigenvalue weighted by Gasteiger charge is -2.34. The van der Waals surface area contributed by atoms with E-state index in [-0.39, 0.29) is 17.9 Å². The molecular formula is C15H18Cl2N2O2. The number of aryl methyl sites for hydroxylation is 1. The minimum atomic E-state index is -0.360. The highest BCUT2D eigenvalue weighted by Crippen LogP contribution is 2.26. The number of halogens is 2. The maximum atomic E-state index is 12.4. The third kappa shape index (κ3) is 3.69. The summed E-state index contributed by atoms with van der Waals surface area (Å²) >= 11 is 12.1. The van der Waals surface area contributed by atoms with Crippen LogP contribution < -0.4 is 5.32 Å². The van der Waals surface area contributed by atoms with Crippen molar-refractivity contribution in [1.29, 1.82) is 0 Å². The van der Waals surface area contributed by atoms with Crippen LogP contribution in [0.5, 0.6) is 0 Å². The molecular weight excluding hydrogens is 311 g/mol. The van der Waals surface area contributed by atoms with Crippen molar-refractivity contribution in [3.05, 3.63) is 33.8 Å². The Balaban J connectivity index is 2.01. The molecule has 0 unspecified atom stereocenters. The molecule has 21 heavy (non-hydrogen) atoms. The lowest BCUT2D eigenvalue weighted by Crippen LogP contribution is -2.56. The van der Waals surface area contributed by atoms with Crippen LogP contribution in [0.4, 0.5) is 0 Å². The van der Waals surface area contributed by atoms with Gasteiger partial charge < -0.3 is 10.2 Å². The maximum absolute atomic E-state index is 12.4. The van der Waals surface area contributed by atoms with E-state index in [2.05, 4.69) is 5.32 Å². The van der Waals surface area contributed by atoms with Gasteiger partial charge in [-0.1, -0.05) is 42.3 Å². The van der Waals surface area contributed by atoms with Gasteiger partial charge in [0.15, 0.2) is 0 Å². The van der Waals surface area contributed by atoms with Crippen molar-refractivity contribution >= 4 is 35.0 Å². The van der Waals surface area contributed by atoms with Gasteiger partial charge in [-0.15, -0.1) is 0 Å². The molecule has 4 nitrogen and oxygen atoms in total. The molecule has 0 saturated carbocycles. The van der Waals surface area contributed by atoms with E-state index in [1.165, 1.54) is 0 Å². The molecule has 2 rings (SSSR count). The Bertz CT molecular complexity index is 548. The average Bonchev–Trinajstić information content (AvgIpc) is 2.48. The number of nitrogens with one attached hydrogen (secondary N) is 1. The molecule has 0 radical (unpaired) electrons. The molecule has 6 heteroatoms. The quantitative estimate of drug-likeness (QED) is 0.923. The van der Waals surface area contributed by atoms with Crippen LogP contribution in [0, 0.1) is 0 Å². The van der Waals surface area contributed by atoms with Crippen molar-refractivity contribution in [3.8, 4) is 0 Å². The summed E-state index contributed by atoms with van der Waals surface area (Å²) in [5.41, 5.74) is 0.854. The van der Waals surface area contributed by atoms with Gasteiger partial charge in [0.1, 0.15) is 6.04 Å². The predicted octanol–water partition coefficient (Wildman–Crippen LogP) is 2.66. The van der Waals surface area contributed by atoms with Crippen molar-refractivity contribution in [2.75, 3.05) is 13.1 Å². The first-order valence-corrected chi connectivity index (χ1v) is 7.80. The van der Waals surface area contributed by atoms with Gasteiger partial charge in [-0.05, 0) is 24.5 Å². The van der Waals surface area contributed by atoms with Crippen molar-refractivity contribution in [2.24, 2.45) is 0 Å². The Morgan fingerprint density at radius 2 is 2.19 bits per heavy atom.